The van der Waals surface area contributed by atoms with Gasteiger partial charge in [-0.15, -0.1) is 0 Å². The van der Waals surface area contributed by atoms with Gasteiger partial charge in [-0.2, -0.15) is 0 Å². The number of nitrogens with zero attached hydrogens (tertiary/aromatic N) is 1. The number of hydrogen-bond acceptors (Lipinski definition) is 1. The number of hydrogen-bond donors (Lipinski definition) is 0. The number of unbranched alkanes of at least 4 members (excludes halogenated alkanes) is 5. The van der Waals surface area contributed by atoms with Crippen LogP contribution in [0, 0.1) is 0 Å². The first-order chi connectivity index (χ1) is 5.91. The van der Waals surface area contributed by atoms with E-state index in [-0.39, 0.29) is 18.9 Å². The molecular weight excluding hydrogens is 153 g/mol. The van der Waals surface area contributed by atoms with Crippen LogP contribution in [0.2, 0.25) is 0 Å². The van der Waals surface area contributed by atoms with Crippen molar-refractivity contribution in [3.8, 4) is 0 Å². The van der Waals surface area contributed by atoms with E-state index in [1.54, 1.807) is 0 Å². The molecule has 13 heavy (non-hydrogen) atoms. The molecule has 0 rings (SSSR count). The van der Waals surface area contributed by atoms with Gasteiger partial charge in [-0.1, -0.05) is 39.5 Å². The average molecular weight is 177 g/mol. The van der Waals surface area contributed by atoms with Gasteiger partial charge in [0.05, 0.1) is 0 Å². The van der Waals surface area contributed by atoms with E-state index in [0.717, 1.165) is 6.54 Å². The van der Waals surface area contributed by atoms with Crippen LogP contribution >= 0.6 is 0 Å². The van der Waals surface area contributed by atoms with E-state index in [2.05, 4.69) is 25.1 Å². The fourth-order valence-electron chi connectivity index (χ4n) is 1.11. The second-order valence-electron chi connectivity index (χ2n) is 3.29. The Labute approximate surface area is 95.6 Å². The topological polar surface area (TPSA) is 12.4 Å². The predicted molar refractivity (Wildman–Crippen MR) is 64.2 cm³/mol. The summed E-state index contributed by atoms with van der Waals surface area (Å²) in [7, 11) is 0. The normalized spacial score (nSPS) is 10.3. The molecular formula is C11H24LiN. The van der Waals surface area contributed by atoms with Crippen LogP contribution in [-0.4, -0.2) is 31.6 Å². The fraction of sp³-hybridized carbons (Fsp3) is 0.909. The van der Waals surface area contributed by atoms with Crippen molar-refractivity contribution in [1.82, 2.24) is 0 Å². The molecule has 1 nitrogen and oxygen atoms in total. The van der Waals surface area contributed by atoms with Crippen LogP contribution in [-0.2, 0) is 0 Å². The first kappa shape index (κ1) is 15.7. The Morgan fingerprint density at radius 3 is 2.23 bits per heavy atom. The van der Waals surface area contributed by atoms with Crippen molar-refractivity contribution < 1.29 is 0 Å². The molecule has 0 aliphatic rings. The van der Waals surface area contributed by atoms with Crippen molar-refractivity contribution >= 4 is 25.1 Å². The van der Waals surface area contributed by atoms with Gasteiger partial charge in [0.25, 0.3) is 0 Å². The molecule has 0 atom stereocenters. The van der Waals surface area contributed by atoms with E-state index in [9.17, 15) is 0 Å². The van der Waals surface area contributed by atoms with E-state index in [0.29, 0.717) is 0 Å². The van der Waals surface area contributed by atoms with Crippen molar-refractivity contribution in [2.45, 2.75) is 58.8 Å². The van der Waals surface area contributed by atoms with Crippen LogP contribution in [0.25, 0.3) is 0 Å². The Morgan fingerprint density at radius 2 is 1.62 bits per heavy atom. The molecule has 0 aromatic heterocycles. The molecule has 0 bridgehead atoms. The van der Waals surface area contributed by atoms with Gasteiger partial charge >= 0.3 is 18.9 Å². The quantitative estimate of drug-likeness (QED) is 0.307. The summed E-state index contributed by atoms with van der Waals surface area (Å²) in [6.07, 6.45) is 11.1. The first-order valence-corrected chi connectivity index (χ1v) is 5.40. The summed E-state index contributed by atoms with van der Waals surface area (Å²) in [6, 6.07) is 0. The molecule has 0 saturated carbocycles. The molecule has 0 N–H and O–H groups in total. The molecule has 0 unspecified atom stereocenters. The summed E-state index contributed by atoms with van der Waals surface area (Å²) in [5.41, 5.74) is 0. The van der Waals surface area contributed by atoms with Gasteiger partial charge in [-0.25, -0.2) is 0 Å². The molecule has 0 saturated heterocycles. The molecule has 0 aliphatic heterocycles. The van der Waals surface area contributed by atoms with Gasteiger partial charge in [-0.05, 0) is 25.5 Å². The van der Waals surface area contributed by atoms with Gasteiger partial charge in [0.15, 0.2) is 0 Å². The molecule has 0 aromatic rings. The van der Waals surface area contributed by atoms with Crippen molar-refractivity contribution in [3.05, 3.63) is 0 Å². The molecule has 0 aromatic carbocycles. The Bertz CT molecular complexity index is 102. The summed E-state index contributed by atoms with van der Waals surface area (Å²) < 4.78 is 0. The Morgan fingerprint density at radius 1 is 0.923 bits per heavy atom. The maximum atomic E-state index is 4.36. The summed E-state index contributed by atoms with van der Waals surface area (Å²) in [6.45, 7) is 5.50. The second kappa shape index (κ2) is 14.8. The molecule has 0 radical (unpaired) electrons. The van der Waals surface area contributed by atoms with Crippen molar-refractivity contribution in [2.75, 3.05) is 6.54 Å². The van der Waals surface area contributed by atoms with Gasteiger partial charge in [-0.3, -0.25) is 4.99 Å². The number of rotatable bonds is 8. The van der Waals surface area contributed by atoms with Crippen molar-refractivity contribution in [2.24, 2.45) is 4.99 Å². The third kappa shape index (κ3) is 15.1. The molecule has 0 amide bonds. The minimum atomic E-state index is 0. The predicted octanol–water partition coefficient (Wildman–Crippen LogP) is 3.18. The third-order valence-corrected chi connectivity index (χ3v) is 1.96. The third-order valence-electron chi connectivity index (χ3n) is 1.96. The first-order valence-electron chi connectivity index (χ1n) is 5.40. The van der Waals surface area contributed by atoms with Gasteiger partial charge < -0.3 is 0 Å². The monoisotopic (exact) mass is 177 g/mol. The summed E-state index contributed by atoms with van der Waals surface area (Å²) >= 11 is 0. The summed E-state index contributed by atoms with van der Waals surface area (Å²) in [5.74, 6) is 0. The Kier molecular flexibility index (Phi) is 17.9. The van der Waals surface area contributed by atoms with Crippen LogP contribution < -0.4 is 0 Å². The van der Waals surface area contributed by atoms with Crippen LogP contribution in [0.4, 0.5) is 0 Å². The molecule has 0 spiro atoms. The van der Waals surface area contributed by atoms with E-state index < -0.39 is 0 Å². The molecule has 74 valence electrons. The van der Waals surface area contributed by atoms with Crippen molar-refractivity contribution in [1.29, 1.82) is 0 Å². The van der Waals surface area contributed by atoms with Crippen molar-refractivity contribution in [3.63, 3.8) is 0 Å². The van der Waals surface area contributed by atoms with Crippen LogP contribution in [0.15, 0.2) is 4.99 Å². The zero-order chi connectivity index (χ0) is 9.07. The summed E-state index contributed by atoms with van der Waals surface area (Å²) in [5, 5.41) is 0. The SMILES string of the molecule is CCCCC=NCCCCCC.[LiH]. The van der Waals surface area contributed by atoms with E-state index in [4.69, 9.17) is 0 Å². The van der Waals surface area contributed by atoms with Crippen LogP contribution in [0.5, 0.6) is 0 Å². The maximum absolute atomic E-state index is 4.36. The second-order valence-corrected chi connectivity index (χ2v) is 3.29. The molecule has 0 heterocycles. The zero-order valence-electron chi connectivity index (χ0n) is 8.68. The Hall–Kier alpha value is 0.267. The number of aliphatic imine (C=N–C) groups is 1. The zero-order valence-corrected chi connectivity index (χ0v) is 8.68. The summed E-state index contributed by atoms with van der Waals surface area (Å²) in [4.78, 5) is 4.36. The van der Waals surface area contributed by atoms with E-state index in [1.165, 1.54) is 44.9 Å². The van der Waals surface area contributed by atoms with Gasteiger partial charge in [0.2, 0.25) is 0 Å². The molecule has 0 aliphatic carbocycles. The Balaban J connectivity index is 0. The van der Waals surface area contributed by atoms with E-state index >= 15 is 0 Å². The van der Waals surface area contributed by atoms with E-state index in [1.807, 2.05) is 0 Å². The van der Waals surface area contributed by atoms with Gasteiger partial charge in [0.1, 0.15) is 0 Å². The standard InChI is InChI=1S/C11H23N.Li.H/c1-3-5-7-9-11-12-10-8-6-4-2;;/h10H,3-9,11H2,1-2H3;;. The fourth-order valence-corrected chi connectivity index (χ4v) is 1.11. The minimum absolute atomic E-state index is 0. The molecule has 2 heteroatoms. The van der Waals surface area contributed by atoms with Gasteiger partial charge in [0, 0.05) is 6.54 Å². The van der Waals surface area contributed by atoms with Crippen LogP contribution in [0.3, 0.4) is 0 Å². The molecule has 0 fully saturated rings. The van der Waals surface area contributed by atoms with Crippen LogP contribution in [0.1, 0.15) is 58.8 Å². The average Bonchev–Trinajstić information content (AvgIpc) is 2.10.